The van der Waals surface area contributed by atoms with E-state index in [2.05, 4.69) is 5.10 Å². The summed E-state index contributed by atoms with van der Waals surface area (Å²) in [4.78, 5) is 28.5. The molecule has 2 amide bonds. The molecule has 1 aromatic heterocycles. The van der Waals surface area contributed by atoms with Crippen LogP contribution in [0, 0.1) is 5.92 Å². The number of hydrogen-bond donors (Lipinski definition) is 0. The standard InChI is InChI=1S/C17H24F2N4O2/c1-12(2)9-15(24)22-10-13-3-6-20-23(13)14(11-22)16(25)21-7-4-17(18,19)5-8-21/h3,6,12,14H,4-5,7-11H2,1-2H3/t14-/m1/s1. The molecule has 1 saturated heterocycles. The van der Waals surface area contributed by atoms with E-state index in [-0.39, 0.29) is 50.2 Å². The Labute approximate surface area is 145 Å². The minimum absolute atomic E-state index is 0.00503. The third-order valence-electron chi connectivity index (χ3n) is 4.82. The van der Waals surface area contributed by atoms with Crippen LogP contribution in [0.25, 0.3) is 0 Å². The van der Waals surface area contributed by atoms with Crippen molar-refractivity contribution in [1.29, 1.82) is 0 Å². The molecule has 1 atom stereocenters. The van der Waals surface area contributed by atoms with Gasteiger partial charge in [0.05, 0.1) is 18.8 Å². The Kier molecular flexibility index (Phi) is 4.79. The highest BCUT2D eigenvalue weighted by atomic mass is 19.3. The Balaban J connectivity index is 1.76. The van der Waals surface area contributed by atoms with Crippen molar-refractivity contribution in [3.8, 4) is 0 Å². The van der Waals surface area contributed by atoms with Gasteiger partial charge in [-0.1, -0.05) is 13.8 Å². The second kappa shape index (κ2) is 6.72. The molecule has 0 radical (unpaired) electrons. The van der Waals surface area contributed by atoms with E-state index in [0.29, 0.717) is 13.0 Å². The third-order valence-corrected chi connectivity index (χ3v) is 4.82. The van der Waals surface area contributed by atoms with Crippen molar-refractivity contribution in [2.24, 2.45) is 5.92 Å². The first-order valence-electron chi connectivity index (χ1n) is 8.73. The summed E-state index contributed by atoms with van der Waals surface area (Å²) < 4.78 is 28.3. The van der Waals surface area contributed by atoms with E-state index in [1.54, 1.807) is 21.8 Å². The van der Waals surface area contributed by atoms with E-state index in [1.807, 2.05) is 13.8 Å². The number of likely N-dealkylation sites (tertiary alicyclic amines) is 1. The van der Waals surface area contributed by atoms with E-state index >= 15 is 0 Å². The van der Waals surface area contributed by atoms with Gasteiger partial charge in [0.15, 0.2) is 0 Å². The fourth-order valence-electron chi connectivity index (χ4n) is 3.41. The number of hydrogen-bond acceptors (Lipinski definition) is 3. The molecule has 0 unspecified atom stereocenters. The Hall–Kier alpha value is -1.99. The molecule has 2 aliphatic heterocycles. The fraction of sp³-hybridized carbons (Fsp3) is 0.706. The Morgan fingerprint density at radius 3 is 2.60 bits per heavy atom. The third kappa shape index (κ3) is 3.82. The van der Waals surface area contributed by atoms with Gasteiger partial charge in [0, 0.05) is 38.5 Å². The number of fused-ring (bicyclic) bond motifs is 1. The maximum absolute atomic E-state index is 13.4. The molecule has 6 nitrogen and oxygen atoms in total. The smallest absolute Gasteiger partial charge is 0.251 e. The van der Waals surface area contributed by atoms with Crippen LogP contribution in [-0.4, -0.2) is 57.0 Å². The van der Waals surface area contributed by atoms with Crippen LogP contribution in [0.5, 0.6) is 0 Å². The molecule has 8 heteroatoms. The molecule has 0 aromatic carbocycles. The number of carbonyl (C=O) groups is 2. The molecule has 1 aromatic rings. The molecule has 25 heavy (non-hydrogen) atoms. The Morgan fingerprint density at radius 1 is 1.28 bits per heavy atom. The van der Waals surface area contributed by atoms with Crippen molar-refractivity contribution in [1.82, 2.24) is 19.6 Å². The second-order valence-corrected chi connectivity index (χ2v) is 7.34. The van der Waals surface area contributed by atoms with Gasteiger partial charge in [-0.05, 0) is 12.0 Å². The van der Waals surface area contributed by atoms with Gasteiger partial charge >= 0.3 is 0 Å². The van der Waals surface area contributed by atoms with Crippen molar-refractivity contribution in [3.05, 3.63) is 18.0 Å². The van der Waals surface area contributed by atoms with Gasteiger partial charge in [-0.15, -0.1) is 0 Å². The van der Waals surface area contributed by atoms with Gasteiger partial charge in [-0.2, -0.15) is 5.10 Å². The maximum atomic E-state index is 13.4. The van der Waals surface area contributed by atoms with Gasteiger partial charge in [0.25, 0.3) is 5.92 Å². The van der Waals surface area contributed by atoms with E-state index in [0.717, 1.165) is 5.69 Å². The van der Waals surface area contributed by atoms with Crippen molar-refractivity contribution in [2.45, 2.75) is 51.6 Å². The molecule has 0 bridgehead atoms. The van der Waals surface area contributed by atoms with Crippen molar-refractivity contribution < 1.29 is 18.4 Å². The Morgan fingerprint density at radius 2 is 1.96 bits per heavy atom. The molecule has 0 spiro atoms. The summed E-state index contributed by atoms with van der Waals surface area (Å²) in [5.41, 5.74) is 0.795. The first-order valence-corrected chi connectivity index (χ1v) is 8.73. The van der Waals surface area contributed by atoms with Crippen LogP contribution in [0.15, 0.2) is 12.3 Å². The van der Waals surface area contributed by atoms with Crippen LogP contribution in [0.4, 0.5) is 8.78 Å². The first kappa shape index (κ1) is 17.8. The van der Waals surface area contributed by atoms with Crippen molar-refractivity contribution in [3.63, 3.8) is 0 Å². The molecular weight excluding hydrogens is 330 g/mol. The number of piperidine rings is 1. The molecule has 3 rings (SSSR count). The number of rotatable bonds is 3. The van der Waals surface area contributed by atoms with Gasteiger partial charge < -0.3 is 9.80 Å². The van der Waals surface area contributed by atoms with Crippen LogP contribution in [0.1, 0.15) is 44.8 Å². The number of carbonyl (C=O) groups excluding carboxylic acids is 2. The average molecular weight is 354 g/mol. The zero-order valence-corrected chi connectivity index (χ0v) is 14.6. The number of amides is 2. The predicted molar refractivity (Wildman–Crippen MR) is 86.9 cm³/mol. The molecule has 138 valence electrons. The summed E-state index contributed by atoms with van der Waals surface area (Å²) in [5.74, 6) is -2.69. The zero-order valence-electron chi connectivity index (χ0n) is 14.6. The van der Waals surface area contributed by atoms with Gasteiger partial charge in [0.1, 0.15) is 6.04 Å². The SMILES string of the molecule is CC(C)CC(=O)N1Cc2ccnn2[C@@H](C(=O)N2CCC(F)(F)CC2)C1. The summed E-state index contributed by atoms with van der Waals surface area (Å²) >= 11 is 0. The molecule has 3 heterocycles. The highest BCUT2D eigenvalue weighted by Gasteiger charge is 2.40. The minimum atomic E-state index is -2.69. The van der Waals surface area contributed by atoms with Crippen LogP contribution < -0.4 is 0 Å². The van der Waals surface area contributed by atoms with Crippen LogP contribution in [-0.2, 0) is 16.1 Å². The number of halogens is 2. The first-order chi connectivity index (χ1) is 11.8. The lowest BCUT2D eigenvalue weighted by Gasteiger charge is -2.38. The van der Waals surface area contributed by atoms with E-state index in [9.17, 15) is 18.4 Å². The summed E-state index contributed by atoms with van der Waals surface area (Å²) in [7, 11) is 0. The van der Waals surface area contributed by atoms with E-state index in [1.165, 1.54) is 4.90 Å². The zero-order chi connectivity index (χ0) is 18.2. The van der Waals surface area contributed by atoms with Crippen LogP contribution in [0.3, 0.4) is 0 Å². The summed E-state index contributed by atoms with van der Waals surface area (Å²) in [6.07, 6.45) is 1.40. The lowest BCUT2D eigenvalue weighted by atomic mass is 10.0. The van der Waals surface area contributed by atoms with Crippen molar-refractivity contribution in [2.75, 3.05) is 19.6 Å². The molecule has 0 saturated carbocycles. The van der Waals surface area contributed by atoms with Gasteiger partial charge in [-0.3, -0.25) is 14.3 Å². The second-order valence-electron chi connectivity index (χ2n) is 7.34. The molecule has 1 fully saturated rings. The molecular formula is C17H24F2N4O2. The normalized spacial score (nSPS) is 22.8. The lowest BCUT2D eigenvalue weighted by Crippen LogP contribution is -2.51. The number of alkyl halides is 2. The average Bonchev–Trinajstić information content (AvgIpc) is 3.01. The van der Waals surface area contributed by atoms with Gasteiger partial charge in [0.2, 0.25) is 11.8 Å². The monoisotopic (exact) mass is 354 g/mol. The Bertz CT molecular complexity index is 649. The highest BCUT2D eigenvalue weighted by Crippen LogP contribution is 2.30. The van der Waals surface area contributed by atoms with Crippen LogP contribution >= 0.6 is 0 Å². The molecule has 0 N–H and O–H groups in total. The summed E-state index contributed by atoms with van der Waals surface area (Å²) in [6.45, 7) is 4.70. The number of nitrogens with zero attached hydrogens (tertiary/aromatic N) is 4. The number of aromatic nitrogens is 2. The lowest BCUT2D eigenvalue weighted by molar-refractivity contribution is -0.144. The van der Waals surface area contributed by atoms with Crippen molar-refractivity contribution >= 4 is 11.8 Å². The van der Waals surface area contributed by atoms with E-state index < -0.39 is 12.0 Å². The molecule has 2 aliphatic rings. The maximum Gasteiger partial charge on any atom is 0.251 e. The largest absolute Gasteiger partial charge is 0.340 e. The topological polar surface area (TPSA) is 58.4 Å². The summed E-state index contributed by atoms with van der Waals surface area (Å²) in [5, 5.41) is 4.22. The summed E-state index contributed by atoms with van der Waals surface area (Å²) in [6, 6.07) is 1.15. The predicted octanol–water partition coefficient (Wildman–Crippen LogP) is 2.07. The minimum Gasteiger partial charge on any atom is -0.340 e. The highest BCUT2D eigenvalue weighted by molar-refractivity contribution is 5.83. The quantitative estimate of drug-likeness (QED) is 0.835. The van der Waals surface area contributed by atoms with Gasteiger partial charge in [-0.25, -0.2) is 8.78 Å². The molecule has 0 aliphatic carbocycles. The fourth-order valence-corrected chi connectivity index (χ4v) is 3.41. The van der Waals surface area contributed by atoms with E-state index in [4.69, 9.17) is 0 Å². The van der Waals surface area contributed by atoms with Crippen LogP contribution in [0.2, 0.25) is 0 Å².